The molecule has 0 radical (unpaired) electrons. The van der Waals surface area contributed by atoms with Crippen LogP contribution in [0.3, 0.4) is 0 Å². The van der Waals surface area contributed by atoms with Crippen LogP contribution in [0.1, 0.15) is 44.6 Å². The smallest absolute Gasteiger partial charge is 0.261 e. The van der Waals surface area contributed by atoms with E-state index in [1.165, 1.54) is 0 Å². The largest absolute Gasteiger partial charge is 0.484 e. The first-order chi connectivity index (χ1) is 15.0. The molecular weight excluding hydrogens is 480 g/mol. The molecule has 1 saturated carbocycles. The minimum atomic E-state index is -0.585. The lowest BCUT2D eigenvalue weighted by molar-refractivity contribution is -0.143. The van der Waals surface area contributed by atoms with Crippen LogP contribution < -0.4 is 10.1 Å². The van der Waals surface area contributed by atoms with E-state index in [9.17, 15) is 9.59 Å². The van der Waals surface area contributed by atoms with Gasteiger partial charge in [0.2, 0.25) is 5.91 Å². The molecule has 1 N–H and O–H groups in total. The highest BCUT2D eigenvalue weighted by atomic mass is 79.9. The van der Waals surface area contributed by atoms with Crippen molar-refractivity contribution in [3.05, 3.63) is 63.6 Å². The lowest BCUT2D eigenvalue weighted by atomic mass is 10.1. The zero-order valence-electron chi connectivity index (χ0n) is 17.7. The van der Waals surface area contributed by atoms with Crippen molar-refractivity contribution in [3.8, 4) is 5.75 Å². The average Bonchev–Trinajstić information content (AvgIpc) is 3.27. The molecule has 0 aromatic heterocycles. The van der Waals surface area contributed by atoms with Crippen molar-refractivity contribution in [2.75, 3.05) is 6.61 Å². The zero-order valence-corrected chi connectivity index (χ0v) is 20.0. The molecule has 0 bridgehead atoms. The van der Waals surface area contributed by atoms with Gasteiger partial charge in [0.1, 0.15) is 11.8 Å². The monoisotopic (exact) mass is 506 g/mol. The van der Waals surface area contributed by atoms with Gasteiger partial charge in [0.15, 0.2) is 6.61 Å². The Kier molecular flexibility index (Phi) is 8.79. The minimum absolute atomic E-state index is 0.113. The van der Waals surface area contributed by atoms with Gasteiger partial charge < -0.3 is 15.0 Å². The summed E-state index contributed by atoms with van der Waals surface area (Å²) in [4.78, 5) is 27.9. The maximum absolute atomic E-state index is 13.2. The summed E-state index contributed by atoms with van der Waals surface area (Å²) in [6.45, 7) is 2.01. The Hall–Kier alpha value is -2.05. The van der Waals surface area contributed by atoms with Gasteiger partial charge in [-0.3, -0.25) is 9.59 Å². The number of nitrogens with one attached hydrogen (secondary N) is 1. The van der Waals surface area contributed by atoms with Crippen LogP contribution in [0.5, 0.6) is 5.75 Å². The maximum atomic E-state index is 13.2. The normalized spacial score (nSPS) is 14.8. The van der Waals surface area contributed by atoms with Gasteiger partial charge in [-0.2, -0.15) is 0 Å². The highest BCUT2D eigenvalue weighted by Crippen LogP contribution is 2.22. The van der Waals surface area contributed by atoms with Crippen molar-refractivity contribution in [1.82, 2.24) is 10.2 Å². The number of hydrogen-bond acceptors (Lipinski definition) is 3. The number of benzene rings is 2. The molecular formula is C24H28BrClN2O3. The highest BCUT2D eigenvalue weighted by Gasteiger charge is 2.31. The molecule has 2 amide bonds. The molecule has 7 heteroatoms. The Balaban J connectivity index is 1.76. The molecule has 2 aromatic rings. The molecule has 0 saturated heterocycles. The number of nitrogens with zero attached hydrogens (tertiary/aromatic N) is 1. The van der Waals surface area contributed by atoms with Crippen molar-refractivity contribution in [2.45, 2.75) is 57.7 Å². The molecule has 0 unspecified atom stereocenters. The average molecular weight is 508 g/mol. The summed E-state index contributed by atoms with van der Waals surface area (Å²) >= 11 is 9.74. The number of ether oxygens (including phenoxy) is 1. The molecule has 5 nitrogen and oxygen atoms in total. The molecule has 0 heterocycles. The van der Waals surface area contributed by atoms with E-state index < -0.39 is 6.04 Å². The van der Waals surface area contributed by atoms with Gasteiger partial charge in [-0.1, -0.05) is 65.5 Å². The molecule has 1 atom stereocenters. The van der Waals surface area contributed by atoms with Crippen molar-refractivity contribution in [1.29, 1.82) is 0 Å². The van der Waals surface area contributed by atoms with Crippen LogP contribution in [0.15, 0.2) is 53.0 Å². The van der Waals surface area contributed by atoms with E-state index in [0.717, 1.165) is 35.7 Å². The van der Waals surface area contributed by atoms with Crippen molar-refractivity contribution < 1.29 is 14.3 Å². The lowest BCUT2D eigenvalue weighted by Crippen LogP contribution is -2.52. The molecule has 2 aromatic carbocycles. The van der Waals surface area contributed by atoms with Gasteiger partial charge >= 0.3 is 0 Å². The molecule has 0 aliphatic heterocycles. The lowest BCUT2D eigenvalue weighted by Gasteiger charge is -2.31. The second-order valence-corrected chi connectivity index (χ2v) is 9.09. The zero-order chi connectivity index (χ0) is 22.2. The van der Waals surface area contributed by atoms with Crippen molar-refractivity contribution in [3.63, 3.8) is 0 Å². The Morgan fingerprint density at radius 3 is 2.48 bits per heavy atom. The number of carbonyl (C=O) groups is 2. The van der Waals surface area contributed by atoms with Gasteiger partial charge in [0.05, 0.1) is 0 Å². The fourth-order valence-corrected chi connectivity index (χ4v) is 4.32. The fraction of sp³-hybridized carbons (Fsp3) is 0.417. The van der Waals surface area contributed by atoms with Crippen LogP contribution in [0.4, 0.5) is 0 Å². The maximum Gasteiger partial charge on any atom is 0.261 e. The van der Waals surface area contributed by atoms with Gasteiger partial charge in [0.25, 0.3) is 5.91 Å². The predicted octanol–water partition coefficient (Wildman–Crippen LogP) is 5.35. The number of halogens is 2. The summed E-state index contributed by atoms with van der Waals surface area (Å²) in [5.74, 6) is 0.229. The second-order valence-electron chi connectivity index (χ2n) is 7.77. The summed E-state index contributed by atoms with van der Waals surface area (Å²) in [5.41, 5.74) is 0.799. The Morgan fingerprint density at radius 2 is 1.84 bits per heavy atom. The SMILES string of the molecule is CC[C@H](C(=O)NC1CCCC1)N(Cc1ccccc1Cl)C(=O)COc1ccc(Br)cc1. The summed E-state index contributed by atoms with van der Waals surface area (Å²) in [5, 5.41) is 3.70. The van der Waals surface area contributed by atoms with Crippen LogP contribution in [-0.4, -0.2) is 35.4 Å². The minimum Gasteiger partial charge on any atom is -0.484 e. The summed E-state index contributed by atoms with van der Waals surface area (Å²) < 4.78 is 6.63. The summed E-state index contributed by atoms with van der Waals surface area (Å²) in [6.07, 6.45) is 4.75. The van der Waals surface area contributed by atoms with Crippen LogP contribution >= 0.6 is 27.5 Å². The third-order valence-corrected chi connectivity index (χ3v) is 6.46. The van der Waals surface area contributed by atoms with Gasteiger partial charge in [0, 0.05) is 22.1 Å². The van der Waals surface area contributed by atoms with Gasteiger partial charge in [-0.15, -0.1) is 0 Å². The van der Waals surface area contributed by atoms with E-state index in [2.05, 4.69) is 21.2 Å². The first kappa shape index (κ1) is 23.6. The molecule has 3 rings (SSSR count). The Morgan fingerprint density at radius 1 is 1.16 bits per heavy atom. The van der Waals surface area contributed by atoms with Crippen LogP contribution in [0, 0.1) is 0 Å². The second kappa shape index (κ2) is 11.5. The van der Waals surface area contributed by atoms with Crippen molar-refractivity contribution in [2.24, 2.45) is 0 Å². The quantitative estimate of drug-likeness (QED) is 0.498. The summed E-state index contributed by atoms with van der Waals surface area (Å²) in [7, 11) is 0. The van der Waals surface area contributed by atoms with E-state index in [-0.39, 0.29) is 31.0 Å². The summed E-state index contributed by atoms with van der Waals surface area (Å²) in [6, 6.07) is 14.3. The van der Waals surface area contributed by atoms with E-state index >= 15 is 0 Å². The van der Waals surface area contributed by atoms with E-state index in [4.69, 9.17) is 16.3 Å². The first-order valence-corrected chi connectivity index (χ1v) is 11.9. The number of rotatable bonds is 9. The van der Waals surface area contributed by atoms with Gasteiger partial charge in [-0.05, 0) is 55.2 Å². The van der Waals surface area contributed by atoms with Crippen molar-refractivity contribution >= 4 is 39.3 Å². The van der Waals surface area contributed by atoms with E-state index in [1.54, 1.807) is 23.1 Å². The fourth-order valence-electron chi connectivity index (χ4n) is 3.86. The number of hydrogen-bond donors (Lipinski definition) is 1. The van der Waals surface area contributed by atoms with Crippen LogP contribution in [-0.2, 0) is 16.1 Å². The number of amides is 2. The molecule has 0 spiro atoms. The molecule has 166 valence electrons. The van der Waals surface area contributed by atoms with E-state index in [1.807, 2.05) is 37.3 Å². The Labute approximate surface area is 197 Å². The predicted molar refractivity (Wildman–Crippen MR) is 126 cm³/mol. The van der Waals surface area contributed by atoms with Crippen LogP contribution in [0.2, 0.25) is 5.02 Å². The first-order valence-electron chi connectivity index (χ1n) is 10.7. The number of carbonyl (C=O) groups excluding carboxylic acids is 2. The Bertz CT molecular complexity index is 885. The third kappa shape index (κ3) is 6.71. The molecule has 31 heavy (non-hydrogen) atoms. The highest BCUT2D eigenvalue weighted by molar-refractivity contribution is 9.10. The van der Waals surface area contributed by atoms with E-state index in [0.29, 0.717) is 17.2 Å². The standard InChI is InChI=1S/C24H28BrClN2O3/c1-2-22(24(30)27-19-8-4-5-9-19)28(15-17-7-3-6-10-21(17)26)23(29)16-31-20-13-11-18(25)12-14-20/h3,6-7,10-14,19,22H,2,4-5,8-9,15-16H2,1H3,(H,27,30)/t22-/m1/s1. The molecule has 1 aliphatic carbocycles. The topological polar surface area (TPSA) is 58.6 Å². The molecule has 1 aliphatic rings. The third-order valence-electron chi connectivity index (χ3n) is 5.56. The van der Waals surface area contributed by atoms with Crippen LogP contribution in [0.25, 0.3) is 0 Å². The van der Waals surface area contributed by atoms with Gasteiger partial charge in [-0.25, -0.2) is 0 Å². The molecule has 1 fully saturated rings.